The van der Waals surface area contributed by atoms with Crippen molar-refractivity contribution < 1.29 is 34.7 Å². The summed E-state index contributed by atoms with van der Waals surface area (Å²) in [6.45, 7) is -0.555. The summed E-state index contributed by atoms with van der Waals surface area (Å²) in [5.41, 5.74) is 0. The first kappa shape index (κ1) is 13.1. The van der Waals surface area contributed by atoms with Crippen molar-refractivity contribution in [2.45, 2.75) is 30.6 Å². The van der Waals surface area contributed by atoms with Gasteiger partial charge >= 0.3 is 6.09 Å². The zero-order valence-electron chi connectivity index (χ0n) is 8.61. The van der Waals surface area contributed by atoms with Crippen molar-refractivity contribution in [1.82, 2.24) is 5.32 Å². The number of aliphatic hydroxyl groups is 4. The number of carbonyl (C=O) groups is 1. The summed E-state index contributed by atoms with van der Waals surface area (Å²) < 4.78 is 9.08. The molecule has 0 aromatic heterocycles. The summed E-state index contributed by atoms with van der Waals surface area (Å²) in [6.07, 6.45) is -6.37. The van der Waals surface area contributed by atoms with E-state index in [1.54, 1.807) is 0 Å². The van der Waals surface area contributed by atoms with Crippen LogP contribution in [0.15, 0.2) is 0 Å². The number of aliphatic hydroxyl groups excluding tert-OH is 4. The van der Waals surface area contributed by atoms with Gasteiger partial charge in [-0.3, -0.25) is 0 Å². The third-order valence-electron chi connectivity index (χ3n) is 2.37. The number of hydrogen-bond donors (Lipinski definition) is 5. The molecule has 8 heteroatoms. The first-order chi connectivity index (χ1) is 7.51. The van der Waals surface area contributed by atoms with Gasteiger partial charge in [0.05, 0.1) is 13.7 Å². The van der Waals surface area contributed by atoms with Gasteiger partial charge in [-0.25, -0.2) is 4.79 Å². The monoisotopic (exact) mass is 237 g/mol. The van der Waals surface area contributed by atoms with E-state index in [1.165, 1.54) is 0 Å². The molecule has 5 atom stereocenters. The zero-order valence-corrected chi connectivity index (χ0v) is 8.61. The Hall–Kier alpha value is -0.930. The molecule has 0 aromatic carbocycles. The maximum Gasteiger partial charge on any atom is 0.407 e. The van der Waals surface area contributed by atoms with Crippen LogP contribution < -0.4 is 5.32 Å². The number of carbonyl (C=O) groups excluding carboxylic acids is 1. The predicted molar refractivity (Wildman–Crippen MR) is 49.3 cm³/mol. The first-order valence-corrected chi connectivity index (χ1v) is 4.66. The van der Waals surface area contributed by atoms with Gasteiger partial charge in [-0.1, -0.05) is 0 Å². The molecule has 0 saturated carbocycles. The van der Waals surface area contributed by atoms with E-state index in [0.717, 1.165) is 7.11 Å². The van der Waals surface area contributed by atoms with Crippen molar-refractivity contribution in [2.75, 3.05) is 13.7 Å². The van der Waals surface area contributed by atoms with Crippen molar-refractivity contribution in [3.63, 3.8) is 0 Å². The van der Waals surface area contributed by atoms with E-state index in [0.29, 0.717) is 0 Å². The lowest BCUT2D eigenvalue weighted by molar-refractivity contribution is -0.253. The fourth-order valence-electron chi connectivity index (χ4n) is 1.45. The van der Waals surface area contributed by atoms with E-state index in [-0.39, 0.29) is 0 Å². The molecule has 1 rings (SSSR count). The van der Waals surface area contributed by atoms with Gasteiger partial charge in [0, 0.05) is 0 Å². The van der Waals surface area contributed by atoms with Crippen molar-refractivity contribution in [3.8, 4) is 0 Å². The Morgan fingerprint density at radius 1 is 1.38 bits per heavy atom. The van der Waals surface area contributed by atoms with Crippen LogP contribution in [0, 0.1) is 0 Å². The fourth-order valence-corrected chi connectivity index (χ4v) is 1.45. The smallest absolute Gasteiger partial charge is 0.407 e. The van der Waals surface area contributed by atoms with E-state index in [4.69, 9.17) is 9.84 Å². The summed E-state index contributed by atoms with van der Waals surface area (Å²) in [5.74, 6) is 0. The van der Waals surface area contributed by atoms with Crippen molar-refractivity contribution in [1.29, 1.82) is 0 Å². The summed E-state index contributed by atoms with van der Waals surface area (Å²) >= 11 is 0. The van der Waals surface area contributed by atoms with Gasteiger partial charge in [0.25, 0.3) is 0 Å². The predicted octanol–water partition coefficient (Wildman–Crippen LogP) is -2.86. The lowest BCUT2D eigenvalue weighted by Gasteiger charge is -2.39. The van der Waals surface area contributed by atoms with Gasteiger partial charge < -0.3 is 35.2 Å². The van der Waals surface area contributed by atoms with Crippen molar-refractivity contribution in [2.24, 2.45) is 0 Å². The fraction of sp³-hybridized carbons (Fsp3) is 0.875. The van der Waals surface area contributed by atoms with Crippen molar-refractivity contribution in [3.05, 3.63) is 0 Å². The standard InChI is InChI=1S/C8H15NO7/c1-15-8(14)9-4-6(12)5(11)3(2-10)16-7(4)13/h3-7,10-13H,2H2,1H3,(H,9,14)/t3?,4-,5-,6?,7?/m1/s1. The normalized spacial score (nSPS) is 39.2. The molecule has 0 spiro atoms. The molecule has 94 valence electrons. The lowest BCUT2D eigenvalue weighted by Crippen LogP contribution is -2.64. The number of ether oxygens (including phenoxy) is 2. The third kappa shape index (κ3) is 2.60. The highest BCUT2D eigenvalue weighted by atomic mass is 16.6. The van der Waals surface area contributed by atoms with E-state index >= 15 is 0 Å². The maximum atomic E-state index is 10.9. The summed E-state index contributed by atoms with van der Waals surface area (Å²) in [6, 6.07) is -1.22. The Bertz CT molecular complexity index is 249. The Labute approximate surface area is 91.4 Å². The second kappa shape index (κ2) is 5.41. The van der Waals surface area contributed by atoms with Crippen LogP contribution in [0.25, 0.3) is 0 Å². The molecule has 0 aliphatic carbocycles. The molecule has 3 unspecified atom stereocenters. The van der Waals surface area contributed by atoms with Gasteiger partial charge in [0.2, 0.25) is 0 Å². The minimum Gasteiger partial charge on any atom is -0.453 e. The first-order valence-electron chi connectivity index (χ1n) is 4.66. The minimum atomic E-state index is -1.53. The van der Waals surface area contributed by atoms with Gasteiger partial charge in [0.1, 0.15) is 24.4 Å². The Morgan fingerprint density at radius 3 is 2.50 bits per heavy atom. The van der Waals surface area contributed by atoms with Crippen LogP contribution >= 0.6 is 0 Å². The number of hydrogen-bond acceptors (Lipinski definition) is 7. The van der Waals surface area contributed by atoms with Gasteiger partial charge in [0.15, 0.2) is 6.29 Å². The highest BCUT2D eigenvalue weighted by molar-refractivity contribution is 5.67. The molecule has 5 N–H and O–H groups in total. The second-order valence-corrected chi connectivity index (χ2v) is 3.39. The maximum absolute atomic E-state index is 10.9. The summed E-state index contributed by atoms with van der Waals surface area (Å²) in [4.78, 5) is 10.9. The molecule has 0 bridgehead atoms. The highest BCUT2D eigenvalue weighted by Gasteiger charge is 2.44. The van der Waals surface area contributed by atoms with Crippen LogP contribution in [0.2, 0.25) is 0 Å². The average molecular weight is 237 g/mol. The molecule has 1 heterocycles. The SMILES string of the molecule is COC(=O)N[C@H]1C(O)OC(CO)[C@@H](O)C1O. The summed E-state index contributed by atoms with van der Waals surface area (Å²) in [7, 11) is 1.12. The average Bonchev–Trinajstić information content (AvgIpc) is 2.28. The minimum absolute atomic E-state index is 0.555. The van der Waals surface area contributed by atoms with E-state index in [2.05, 4.69) is 10.1 Å². The topological polar surface area (TPSA) is 128 Å². The Morgan fingerprint density at radius 2 is 2.00 bits per heavy atom. The lowest BCUT2D eigenvalue weighted by atomic mass is 9.97. The molecule has 0 radical (unpaired) electrons. The van der Waals surface area contributed by atoms with Crippen LogP contribution in [0.1, 0.15) is 0 Å². The number of methoxy groups -OCH3 is 1. The number of nitrogens with one attached hydrogen (secondary N) is 1. The van der Waals surface area contributed by atoms with E-state index < -0.39 is 43.3 Å². The Balaban J connectivity index is 2.67. The molecule has 1 amide bonds. The molecule has 1 saturated heterocycles. The van der Waals surface area contributed by atoms with Crippen LogP contribution in [0.4, 0.5) is 4.79 Å². The molecule has 16 heavy (non-hydrogen) atoms. The molecule has 0 aromatic rings. The second-order valence-electron chi connectivity index (χ2n) is 3.39. The number of alkyl carbamates (subject to hydrolysis) is 1. The molecule has 1 aliphatic rings. The van der Waals surface area contributed by atoms with Crippen molar-refractivity contribution >= 4 is 6.09 Å². The molecule has 1 fully saturated rings. The molecular weight excluding hydrogens is 222 g/mol. The van der Waals surface area contributed by atoms with Gasteiger partial charge in [-0.05, 0) is 0 Å². The van der Waals surface area contributed by atoms with Gasteiger partial charge in [-0.2, -0.15) is 0 Å². The largest absolute Gasteiger partial charge is 0.453 e. The molecular formula is C8H15NO7. The molecule has 1 aliphatic heterocycles. The van der Waals surface area contributed by atoms with E-state index in [1.807, 2.05) is 0 Å². The van der Waals surface area contributed by atoms with E-state index in [9.17, 15) is 20.1 Å². The van der Waals surface area contributed by atoms with Crippen LogP contribution in [0.3, 0.4) is 0 Å². The Kier molecular flexibility index (Phi) is 4.44. The number of amides is 1. The quantitative estimate of drug-likeness (QED) is 0.349. The highest BCUT2D eigenvalue weighted by Crippen LogP contribution is 2.19. The van der Waals surface area contributed by atoms with Crippen LogP contribution in [0.5, 0.6) is 0 Å². The van der Waals surface area contributed by atoms with Gasteiger partial charge in [-0.15, -0.1) is 0 Å². The van der Waals surface area contributed by atoms with Crippen LogP contribution in [-0.2, 0) is 9.47 Å². The zero-order chi connectivity index (χ0) is 12.3. The molecule has 8 nitrogen and oxygen atoms in total. The summed E-state index contributed by atoms with van der Waals surface area (Å²) in [5, 5.41) is 39.4. The number of rotatable bonds is 2. The van der Waals surface area contributed by atoms with Crippen LogP contribution in [-0.4, -0.2) is 70.9 Å². The third-order valence-corrected chi connectivity index (χ3v) is 2.37.